The van der Waals surface area contributed by atoms with E-state index in [1.807, 2.05) is 48.5 Å². The first-order valence-electron chi connectivity index (χ1n) is 10.2. The van der Waals surface area contributed by atoms with Gasteiger partial charge in [0, 0.05) is 23.2 Å². The molecule has 2 atom stereocenters. The first kappa shape index (κ1) is 19.5. The van der Waals surface area contributed by atoms with Gasteiger partial charge in [0.05, 0.1) is 11.4 Å². The van der Waals surface area contributed by atoms with Gasteiger partial charge in [0.25, 0.3) is 0 Å². The molecule has 0 aliphatic heterocycles. The van der Waals surface area contributed by atoms with E-state index in [0.717, 1.165) is 24.2 Å². The van der Waals surface area contributed by atoms with Crippen molar-refractivity contribution in [3.63, 3.8) is 0 Å². The molecule has 5 heteroatoms. The molecule has 2 saturated carbocycles. The minimum absolute atomic E-state index is 0.00844. The van der Waals surface area contributed by atoms with E-state index in [0.29, 0.717) is 11.4 Å². The second-order valence-electron chi connectivity index (χ2n) is 9.72. The van der Waals surface area contributed by atoms with Crippen LogP contribution in [-0.2, 0) is 9.59 Å². The number of nitrogens with one attached hydrogen (secondary N) is 3. The lowest BCUT2D eigenvalue weighted by Crippen LogP contribution is -2.21. The van der Waals surface area contributed by atoms with Crippen LogP contribution in [0.1, 0.15) is 40.5 Å². The van der Waals surface area contributed by atoms with Crippen molar-refractivity contribution in [2.75, 3.05) is 16.0 Å². The minimum atomic E-state index is 0.00844. The van der Waals surface area contributed by atoms with Crippen LogP contribution in [0.5, 0.6) is 0 Å². The molecule has 0 saturated heterocycles. The number of benzene rings is 2. The van der Waals surface area contributed by atoms with Crippen LogP contribution in [0.25, 0.3) is 0 Å². The molecule has 2 aliphatic rings. The Morgan fingerprint density at radius 2 is 1.28 bits per heavy atom. The summed E-state index contributed by atoms with van der Waals surface area (Å²) >= 11 is 0. The molecule has 2 aliphatic carbocycles. The van der Waals surface area contributed by atoms with Gasteiger partial charge < -0.3 is 16.0 Å². The highest BCUT2D eigenvalue weighted by atomic mass is 16.2. The van der Waals surface area contributed by atoms with Crippen LogP contribution >= 0.6 is 0 Å². The molecule has 2 aromatic carbocycles. The van der Waals surface area contributed by atoms with Gasteiger partial charge in [0.1, 0.15) is 0 Å². The summed E-state index contributed by atoms with van der Waals surface area (Å²) in [5.41, 5.74) is 3.19. The summed E-state index contributed by atoms with van der Waals surface area (Å²) in [4.78, 5) is 25.3. The van der Waals surface area contributed by atoms with Crippen molar-refractivity contribution >= 4 is 34.6 Å². The van der Waals surface area contributed by atoms with E-state index in [-0.39, 0.29) is 34.5 Å². The van der Waals surface area contributed by atoms with Crippen molar-refractivity contribution in [1.82, 2.24) is 0 Å². The Balaban J connectivity index is 1.55. The van der Waals surface area contributed by atoms with Crippen LogP contribution in [0.3, 0.4) is 0 Å². The smallest absolute Gasteiger partial charge is 0.228 e. The van der Waals surface area contributed by atoms with Crippen molar-refractivity contribution in [3.05, 3.63) is 48.5 Å². The minimum Gasteiger partial charge on any atom is -0.355 e. The number of carbonyl (C=O) groups is 2. The predicted molar refractivity (Wildman–Crippen MR) is 117 cm³/mol. The third kappa shape index (κ3) is 4.29. The van der Waals surface area contributed by atoms with E-state index in [2.05, 4.69) is 43.6 Å². The molecule has 0 bridgehead atoms. The fourth-order valence-electron chi connectivity index (χ4n) is 3.79. The molecule has 0 radical (unpaired) electrons. The van der Waals surface area contributed by atoms with Gasteiger partial charge in [-0.1, -0.05) is 45.9 Å². The third-order valence-electron chi connectivity index (χ3n) is 6.26. The van der Waals surface area contributed by atoms with E-state index < -0.39 is 0 Å². The summed E-state index contributed by atoms with van der Waals surface area (Å²) in [5, 5.41) is 9.41. The maximum absolute atomic E-state index is 12.7. The Bertz CT molecular complexity index is 950. The zero-order valence-corrected chi connectivity index (χ0v) is 17.5. The summed E-state index contributed by atoms with van der Waals surface area (Å²) in [5.74, 6) is 0.0600. The van der Waals surface area contributed by atoms with Gasteiger partial charge in [-0.3, -0.25) is 9.59 Å². The molecule has 0 heterocycles. The molecule has 0 spiro atoms. The zero-order valence-electron chi connectivity index (χ0n) is 17.5. The Hall–Kier alpha value is -2.82. The van der Waals surface area contributed by atoms with Gasteiger partial charge in [-0.25, -0.2) is 0 Å². The number of para-hydroxylation sites is 1. The average Bonchev–Trinajstić information content (AvgIpc) is 3.51. The van der Waals surface area contributed by atoms with Crippen LogP contribution in [0.15, 0.2) is 48.5 Å². The Labute approximate surface area is 172 Å². The molecule has 3 N–H and O–H groups in total. The van der Waals surface area contributed by atoms with E-state index in [9.17, 15) is 9.59 Å². The normalized spacial score (nSPS) is 23.0. The summed E-state index contributed by atoms with van der Waals surface area (Å²) in [6.07, 6.45) is 1.78. The number of amides is 2. The predicted octanol–water partition coefficient (Wildman–Crippen LogP) is 5.40. The van der Waals surface area contributed by atoms with Crippen molar-refractivity contribution in [2.45, 2.75) is 40.5 Å². The number of rotatable bonds is 6. The molecule has 29 heavy (non-hydrogen) atoms. The van der Waals surface area contributed by atoms with E-state index in [1.165, 1.54) is 0 Å². The molecule has 0 aromatic heterocycles. The quantitative estimate of drug-likeness (QED) is 0.617. The van der Waals surface area contributed by atoms with Gasteiger partial charge in [-0.15, -0.1) is 0 Å². The highest BCUT2D eigenvalue weighted by molar-refractivity contribution is 6.03. The number of anilines is 4. The van der Waals surface area contributed by atoms with Crippen LogP contribution in [-0.4, -0.2) is 11.8 Å². The summed E-state index contributed by atoms with van der Waals surface area (Å²) in [7, 11) is 0. The van der Waals surface area contributed by atoms with E-state index >= 15 is 0 Å². The maximum atomic E-state index is 12.7. The van der Waals surface area contributed by atoms with Gasteiger partial charge >= 0.3 is 0 Å². The largest absolute Gasteiger partial charge is 0.355 e. The van der Waals surface area contributed by atoms with Crippen molar-refractivity contribution in [3.8, 4) is 0 Å². The van der Waals surface area contributed by atoms with E-state index in [1.54, 1.807) is 0 Å². The molecule has 2 unspecified atom stereocenters. The lowest BCUT2D eigenvalue weighted by Gasteiger charge is -2.16. The van der Waals surface area contributed by atoms with Gasteiger partial charge in [0.15, 0.2) is 0 Å². The molecule has 152 valence electrons. The second kappa shape index (κ2) is 6.90. The summed E-state index contributed by atoms with van der Waals surface area (Å²) in [6, 6.07) is 15.5. The standard InChI is InChI=1S/C24H29N3O2/c1-23(2)13-17(23)21(28)26-19-11-10-16(25-15-8-6-5-7-9-15)12-20(19)27-22(29)18-14-24(18,3)4/h5-12,17-18,25H,13-14H2,1-4H3,(H,26,28)(H,27,29). The second-order valence-corrected chi connectivity index (χ2v) is 9.72. The zero-order chi connectivity index (χ0) is 20.8. The number of carbonyl (C=O) groups excluding carboxylic acids is 2. The third-order valence-corrected chi connectivity index (χ3v) is 6.26. The SMILES string of the molecule is CC1(C)CC1C(=O)Nc1ccc(Nc2ccccc2)cc1NC(=O)C1CC1(C)C. The lowest BCUT2D eigenvalue weighted by molar-refractivity contribution is -0.119. The molecule has 4 rings (SSSR count). The molecule has 2 amide bonds. The van der Waals surface area contributed by atoms with Crippen molar-refractivity contribution in [1.29, 1.82) is 0 Å². The van der Waals surface area contributed by atoms with E-state index in [4.69, 9.17) is 0 Å². The van der Waals surface area contributed by atoms with Crippen molar-refractivity contribution in [2.24, 2.45) is 22.7 Å². The lowest BCUT2D eigenvalue weighted by atomic mass is 10.1. The van der Waals surface area contributed by atoms with Crippen LogP contribution in [0.4, 0.5) is 22.7 Å². The molecular formula is C24H29N3O2. The van der Waals surface area contributed by atoms with Crippen LogP contribution < -0.4 is 16.0 Å². The topological polar surface area (TPSA) is 70.2 Å². The van der Waals surface area contributed by atoms with Gasteiger partial charge in [-0.05, 0) is 54.0 Å². The van der Waals surface area contributed by atoms with Gasteiger partial charge in [-0.2, -0.15) is 0 Å². The highest BCUT2D eigenvalue weighted by Gasteiger charge is 2.51. The summed E-state index contributed by atoms with van der Waals surface area (Å²) < 4.78 is 0. The first-order valence-corrected chi connectivity index (χ1v) is 10.2. The molecule has 2 fully saturated rings. The number of hydrogen-bond acceptors (Lipinski definition) is 3. The highest BCUT2D eigenvalue weighted by Crippen LogP contribution is 2.53. The monoisotopic (exact) mass is 391 g/mol. The Kier molecular flexibility index (Phi) is 4.64. The molecular weight excluding hydrogens is 362 g/mol. The molecule has 5 nitrogen and oxygen atoms in total. The number of hydrogen-bond donors (Lipinski definition) is 3. The molecule has 2 aromatic rings. The fraction of sp³-hybridized carbons (Fsp3) is 0.417. The van der Waals surface area contributed by atoms with Crippen LogP contribution in [0.2, 0.25) is 0 Å². The summed E-state index contributed by atoms with van der Waals surface area (Å²) in [6.45, 7) is 8.40. The fourth-order valence-corrected chi connectivity index (χ4v) is 3.79. The van der Waals surface area contributed by atoms with Crippen LogP contribution in [0, 0.1) is 22.7 Å². The first-order chi connectivity index (χ1) is 13.7. The maximum Gasteiger partial charge on any atom is 0.228 e. The average molecular weight is 392 g/mol. The Morgan fingerprint density at radius 3 is 1.79 bits per heavy atom. The van der Waals surface area contributed by atoms with Gasteiger partial charge in [0.2, 0.25) is 11.8 Å². The van der Waals surface area contributed by atoms with Crippen molar-refractivity contribution < 1.29 is 9.59 Å². The Morgan fingerprint density at radius 1 is 0.759 bits per heavy atom.